The van der Waals surface area contributed by atoms with Gasteiger partial charge in [0.2, 0.25) is 17.6 Å². The van der Waals surface area contributed by atoms with E-state index >= 15 is 0 Å². The van der Waals surface area contributed by atoms with E-state index in [9.17, 15) is 13.6 Å². The van der Waals surface area contributed by atoms with Crippen LogP contribution in [0, 0.1) is 11.6 Å². The van der Waals surface area contributed by atoms with Crippen molar-refractivity contribution in [2.24, 2.45) is 0 Å². The molecule has 1 fully saturated rings. The number of rotatable bonds is 5. The molecule has 0 saturated carbocycles. The van der Waals surface area contributed by atoms with Gasteiger partial charge in [-0.05, 0) is 50.2 Å². The molecule has 0 aliphatic carbocycles. The van der Waals surface area contributed by atoms with Crippen LogP contribution in [0.5, 0.6) is 5.75 Å². The molecule has 1 unspecified atom stereocenters. The minimum absolute atomic E-state index is 0.0726. The van der Waals surface area contributed by atoms with Crippen LogP contribution in [0.2, 0.25) is 0 Å². The molecular weight excluding hydrogens is 380 g/mol. The van der Waals surface area contributed by atoms with Gasteiger partial charge in [0, 0.05) is 24.6 Å². The van der Waals surface area contributed by atoms with E-state index in [0.29, 0.717) is 5.82 Å². The lowest BCUT2D eigenvalue weighted by molar-refractivity contribution is -0.117. The zero-order chi connectivity index (χ0) is 20.5. The van der Waals surface area contributed by atoms with Crippen LogP contribution in [0.1, 0.15) is 32.1 Å². The number of carbonyl (C=O) groups excluding carboxylic acids is 1. The van der Waals surface area contributed by atoms with Crippen molar-refractivity contribution < 1.29 is 22.8 Å². The number of amides is 1. The Morgan fingerprint density at radius 2 is 1.93 bits per heavy atom. The minimum atomic E-state index is -0.657. The molecule has 1 aliphatic heterocycles. The fraction of sp³-hybridized carbons (Fsp3) is 0.286. The molecule has 8 heteroatoms. The summed E-state index contributed by atoms with van der Waals surface area (Å²) in [6, 6.07) is 10.3. The Labute approximate surface area is 166 Å². The summed E-state index contributed by atoms with van der Waals surface area (Å²) in [5, 5.41) is 3.99. The molecule has 1 atom stereocenters. The van der Waals surface area contributed by atoms with E-state index in [4.69, 9.17) is 9.26 Å². The third-order valence-corrected chi connectivity index (χ3v) is 4.60. The Balaban J connectivity index is 1.51. The molecule has 0 bridgehead atoms. The topological polar surface area (TPSA) is 68.5 Å². The third-order valence-electron chi connectivity index (χ3n) is 4.60. The van der Waals surface area contributed by atoms with E-state index in [1.54, 1.807) is 0 Å². The number of hydrogen-bond acceptors (Lipinski definition) is 5. The summed E-state index contributed by atoms with van der Waals surface area (Å²) in [7, 11) is 0. The second-order valence-corrected chi connectivity index (χ2v) is 7.15. The van der Waals surface area contributed by atoms with E-state index in [1.165, 1.54) is 4.90 Å². The molecule has 150 valence electrons. The van der Waals surface area contributed by atoms with E-state index < -0.39 is 17.6 Å². The van der Waals surface area contributed by atoms with Gasteiger partial charge in [-0.1, -0.05) is 5.16 Å². The van der Waals surface area contributed by atoms with Crippen molar-refractivity contribution in [1.82, 2.24) is 10.1 Å². The van der Waals surface area contributed by atoms with Crippen molar-refractivity contribution in [3.63, 3.8) is 0 Å². The second kappa shape index (κ2) is 7.62. The Bertz CT molecular complexity index is 1030. The van der Waals surface area contributed by atoms with Crippen LogP contribution in [-0.2, 0) is 4.79 Å². The van der Waals surface area contributed by atoms with Crippen LogP contribution in [-0.4, -0.2) is 28.7 Å². The largest absolute Gasteiger partial charge is 0.491 e. The minimum Gasteiger partial charge on any atom is -0.491 e. The number of nitrogens with zero attached hydrogens (tertiary/aromatic N) is 3. The highest BCUT2D eigenvalue weighted by molar-refractivity contribution is 5.96. The van der Waals surface area contributed by atoms with Crippen molar-refractivity contribution in [1.29, 1.82) is 0 Å². The second-order valence-electron chi connectivity index (χ2n) is 7.15. The number of ether oxygens (including phenoxy) is 1. The molecule has 6 nitrogen and oxygen atoms in total. The first kappa shape index (κ1) is 19.0. The molecule has 29 heavy (non-hydrogen) atoms. The zero-order valence-corrected chi connectivity index (χ0v) is 15.9. The first-order valence-corrected chi connectivity index (χ1v) is 9.27. The molecule has 2 heterocycles. The van der Waals surface area contributed by atoms with Gasteiger partial charge in [-0.3, -0.25) is 4.79 Å². The highest BCUT2D eigenvalue weighted by Gasteiger charge is 2.36. The fourth-order valence-electron chi connectivity index (χ4n) is 3.27. The maximum atomic E-state index is 14.0. The van der Waals surface area contributed by atoms with Crippen LogP contribution in [0.25, 0.3) is 11.4 Å². The van der Waals surface area contributed by atoms with Gasteiger partial charge < -0.3 is 14.2 Å². The SMILES string of the molecule is CC(C)Oc1ccc(-c2noc(C3CC(=O)N(c4cc(F)ccc4F)C3)n2)cc1. The van der Waals surface area contributed by atoms with Gasteiger partial charge in [-0.2, -0.15) is 4.98 Å². The number of carbonyl (C=O) groups is 1. The van der Waals surface area contributed by atoms with Crippen LogP contribution in [0.15, 0.2) is 47.0 Å². The van der Waals surface area contributed by atoms with E-state index in [2.05, 4.69) is 10.1 Å². The molecule has 1 aromatic heterocycles. The maximum absolute atomic E-state index is 14.0. The summed E-state index contributed by atoms with van der Waals surface area (Å²) in [6.45, 7) is 4.03. The molecule has 0 spiro atoms. The molecule has 1 aliphatic rings. The lowest BCUT2D eigenvalue weighted by Gasteiger charge is -2.16. The monoisotopic (exact) mass is 399 g/mol. The summed E-state index contributed by atoms with van der Waals surface area (Å²) >= 11 is 0. The van der Waals surface area contributed by atoms with E-state index in [1.807, 2.05) is 38.1 Å². The fourth-order valence-corrected chi connectivity index (χ4v) is 3.27. The van der Waals surface area contributed by atoms with Crippen LogP contribution >= 0.6 is 0 Å². The van der Waals surface area contributed by atoms with Crippen molar-refractivity contribution in [3.05, 3.63) is 60.0 Å². The van der Waals surface area contributed by atoms with Crippen molar-refractivity contribution in [2.45, 2.75) is 32.3 Å². The Hall–Kier alpha value is -3.29. The van der Waals surface area contributed by atoms with Gasteiger partial charge in [-0.15, -0.1) is 0 Å². The van der Waals surface area contributed by atoms with Crippen molar-refractivity contribution in [3.8, 4) is 17.1 Å². The van der Waals surface area contributed by atoms with Crippen molar-refractivity contribution >= 4 is 11.6 Å². The molecule has 3 aromatic rings. The predicted molar refractivity (Wildman–Crippen MR) is 102 cm³/mol. The molecule has 1 amide bonds. The summed E-state index contributed by atoms with van der Waals surface area (Å²) in [4.78, 5) is 18.0. The molecule has 0 N–H and O–H groups in total. The number of halogens is 2. The van der Waals surface area contributed by atoms with Gasteiger partial charge >= 0.3 is 0 Å². The van der Waals surface area contributed by atoms with Crippen LogP contribution in [0.4, 0.5) is 14.5 Å². The number of aromatic nitrogens is 2. The van der Waals surface area contributed by atoms with Crippen molar-refractivity contribution in [2.75, 3.05) is 11.4 Å². The van der Waals surface area contributed by atoms with Gasteiger partial charge in [0.1, 0.15) is 17.4 Å². The summed E-state index contributed by atoms with van der Waals surface area (Å²) in [5.74, 6) is -0.571. The van der Waals surface area contributed by atoms with E-state index in [-0.39, 0.29) is 36.6 Å². The highest BCUT2D eigenvalue weighted by atomic mass is 19.1. The lowest BCUT2D eigenvalue weighted by atomic mass is 10.1. The summed E-state index contributed by atoms with van der Waals surface area (Å²) in [5.41, 5.74) is 0.659. The third kappa shape index (κ3) is 3.96. The average molecular weight is 399 g/mol. The maximum Gasteiger partial charge on any atom is 0.232 e. The van der Waals surface area contributed by atoms with E-state index in [0.717, 1.165) is 29.5 Å². The Morgan fingerprint density at radius 3 is 2.66 bits per heavy atom. The van der Waals surface area contributed by atoms with Crippen LogP contribution in [0.3, 0.4) is 0 Å². The first-order valence-electron chi connectivity index (χ1n) is 9.27. The lowest BCUT2D eigenvalue weighted by Crippen LogP contribution is -2.25. The summed E-state index contributed by atoms with van der Waals surface area (Å²) in [6.07, 6.45) is 0.155. The number of benzene rings is 2. The van der Waals surface area contributed by atoms with Gasteiger partial charge in [0.15, 0.2) is 0 Å². The smallest absolute Gasteiger partial charge is 0.232 e. The quantitative estimate of drug-likeness (QED) is 0.639. The van der Waals surface area contributed by atoms with Gasteiger partial charge in [0.05, 0.1) is 17.7 Å². The number of hydrogen-bond donors (Lipinski definition) is 0. The van der Waals surface area contributed by atoms with Gasteiger partial charge in [-0.25, -0.2) is 8.78 Å². The highest BCUT2D eigenvalue weighted by Crippen LogP contribution is 2.33. The first-order chi connectivity index (χ1) is 13.9. The molecule has 4 rings (SSSR count). The summed E-state index contributed by atoms with van der Waals surface area (Å²) < 4.78 is 38.5. The van der Waals surface area contributed by atoms with Gasteiger partial charge in [0.25, 0.3) is 0 Å². The Kier molecular flexibility index (Phi) is 5.00. The number of anilines is 1. The standard InChI is InChI=1S/C21H19F2N3O3/c1-12(2)28-16-6-3-13(4-7-16)20-24-21(29-25-20)14-9-19(27)26(11-14)18-10-15(22)5-8-17(18)23/h3-8,10,12,14H,9,11H2,1-2H3. The molecule has 2 aromatic carbocycles. The normalized spacial score (nSPS) is 16.7. The molecule has 1 saturated heterocycles. The Morgan fingerprint density at radius 1 is 1.17 bits per heavy atom. The molecule has 0 radical (unpaired) electrons. The van der Waals surface area contributed by atoms with Crippen LogP contribution < -0.4 is 9.64 Å². The predicted octanol–water partition coefficient (Wildman–Crippen LogP) is 4.32. The molecular formula is C21H19F2N3O3. The zero-order valence-electron chi connectivity index (χ0n) is 15.9. The average Bonchev–Trinajstić information content (AvgIpc) is 3.31.